The Morgan fingerprint density at radius 3 is 2.79 bits per heavy atom. The van der Waals surface area contributed by atoms with Gasteiger partial charge in [0, 0.05) is 16.8 Å². The molecule has 0 aromatic heterocycles. The van der Waals surface area contributed by atoms with Crippen LogP contribution in [0.15, 0.2) is 48.6 Å². The number of benzene rings is 1. The lowest BCUT2D eigenvalue weighted by molar-refractivity contribution is -0.117. The fourth-order valence-electron chi connectivity index (χ4n) is 1.14. The summed E-state index contributed by atoms with van der Waals surface area (Å²) in [5, 5.41) is 3.76. The molecule has 3 N–H and O–H groups in total. The van der Waals surface area contributed by atoms with Gasteiger partial charge in [-0.1, -0.05) is 35.9 Å². The maximum atomic E-state index is 11.3. The third-order valence-electron chi connectivity index (χ3n) is 1.93. The molecule has 0 bridgehead atoms. The lowest BCUT2D eigenvalue weighted by Gasteiger charge is -2.10. The highest BCUT2D eigenvalue weighted by Gasteiger charge is 1.99. The number of thiocarbonyl (C=S) groups is 1. The van der Waals surface area contributed by atoms with E-state index in [1.807, 2.05) is 19.1 Å². The van der Waals surface area contributed by atoms with Gasteiger partial charge in [0.15, 0.2) is 5.11 Å². The normalized spacial score (nSPS) is 10.6. The molecule has 0 saturated heterocycles. The van der Waals surface area contributed by atoms with Crippen molar-refractivity contribution >= 4 is 40.5 Å². The standard InChI is InChI=1S/C13H14ClN3OS/c1-2-3-4-8-12(18)16-17-13(19)15-11-7-5-6-10(14)9-11/h2-9H,1H3,(H,16,18)(H2,15,17,19)/b3-2+,8-4+. The van der Waals surface area contributed by atoms with Crippen molar-refractivity contribution in [2.45, 2.75) is 6.92 Å². The van der Waals surface area contributed by atoms with Crippen LogP contribution in [0.4, 0.5) is 5.69 Å². The Morgan fingerprint density at radius 2 is 2.11 bits per heavy atom. The van der Waals surface area contributed by atoms with Crippen molar-refractivity contribution in [1.29, 1.82) is 0 Å². The van der Waals surface area contributed by atoms with Gasteiger partial charge < -0.3 is 5.32 Å². The van der Waals surface area contributed by atoms with Crippen LogP contribution in [0.5, 0.6) is 0 Å². The van der Waals surface area contributed by atoms with Crippen LogP contribution in [0.3, 0.4) is 0 Å². The highest BCUT2D eigenvalue weighted by atomic mass is 35.5. The molecule has 1 amide bonds. The Labute approximate surface area is 122 Å². The number of anilines is 1. The predicted molar refractivity (Wildman–Crippen MR) is 82.9 cm³/mol. The minimum absolute atomic E-state index is 0.273. The van der Waals surface area contributed by atoms with E-state index in [-0.39, 0.29) is 11.0 Å². The Bertz CT molecular complexity index is 514. The molecule has 0 fully saturated rings. The second kappa shape index (κ2) is 8.29. The summed E-state index contributed by atoms with van der Waals surface area (Å²) in [4.78, 5) is 11.3. The fourth-order valence-corrected chi connectivity index (χ4v) is 1.50. The van der Waals surface area contributed by atoms with Crippen LogP contribution in [0.1, 0.15) is 6.92 Å². The second-order valence-corrected chi connectivity index (χ2v) is 4.31. The number of carbonyl (C=O) groups is 1. The SMILES string of the molecule is C/C=C/C=C/C(=O)NNC(=S)Nc1cccc(Cl)c1. The summed E-state index contributed by atoms with van der Waals surface area (Å²) in [6.07, 6.45) is 6.59. The van der Waals surface area contributed by atoms with Gasteiger partial charge in [0.2, 0.25) is 0 Å². The Balaban J connectivity index is 2.38. The average Bonchev–Trinajstić information content (AvgIpc) is 2.37. The maximum absolute atomic E-state index is 11.3. The predicted octanol–water partition coefficient (Wildman–Crippen LogP) is 2.79. The van der Waals surface area contributed by atoms with E-state index in [1.54, 1.807) is 30.4 Å². The molecule has 1 aromatic rings. The third-order valence-corrected chi connectivity index (χ3v) is 2.37. The second-order valence-electron chi connectivity index (χ2n) is 3.46. The Morgan fingerprint density at radius 1 is 1.32 bits per heavy atom. The molecule has 100 valence electrons. The zero-order chi connectivity index (χ0) is 14.1. The smallest absolute Gasteiger partial charge is 0.262 e. The molecule has 0 aliphatic rings. The van der Waals surface area contributed by atoms with Crippen LogP contribution < -0.4 is 16.2 Å². The molecular weight excluding hydrogens is 282 g/mol. The van der Waals surface area contributed by atoms with Gasteiger partial charge in [-0.05, 0) is 37.3 Å². The molecule has 0 unspecified atom stereocenters. The molecule has 0 heterocycles. The third kappa shape index (κ3) is 6.59. The molecule has 0 saturated carbocycles. The van der Waals surface area contributed by atoms with Crippen molar-refractivity contribution in [3.8, 4) is 0 Å². The quantitative estimate of drug-likeness (QED) is 0.347. The van der Waals surface area contributed by atoms with Crippen molar-refractivity contribution in [3.63, 3.8) is 0 Å². The van der Waals surface area contributed by atoms with E-state index in [4.69, 9.17) is 23.8 Å². The molecular formula is C13H14ClN3OS. The van der Waals surface area contributed by atoms with Gasteiger partial charge >= 0.3 is 0 Å². The number of rotatable bonds is 3. The van der Waals surface area contributed by atoms with Crippen molar-refractivity contribution in [1.82, 2.24) is 10.9 Å². The van der Waals surface area contributed by atoms with E-state index in [9.17, 15) is 4.79 Å². The number of carbonyl (C=O) groups excluding carboxylic acids is 1. The van der Waals surface area contributed by atoms with Gasteiger partial charge in [0.1, 0.15) is 0 Å². The van der Waals surface area contributed by atoms with Crippen LogP contribution in [0.2, 0.25) is 5.02 Å². The van der Waals surface area contributed by atoms with Crippen LogP contribution in [0.25, 0.3) is 0 Å². The lowest BCUT2D eigenvalue weighted by atomic mass is 10.3. The number of amides is 1. The van der Waals surface area contributed by atoms with Gasteiger partial charge in [-0.25, -0.2) is 0 Å². The van der Waals surface area contributed by atoms with Gasteiger partial charge in [-0.3, -0.25) is 15.6 Å². The molecule has 0 radical (unpaired) electrons. The molecule has 0 aliphatic heterocycles. The largest absolute Gasteiger partial charge is 0.331 e. The zero-order valence-electron chi connectivity index (χ0n) is 10.3. The van der Waals surface area contributed by atoms with Crippen LogP contribution >= 0.6 is 23.8 Å². The zero-order valence-corrected chi connectivity index (χ0v) is 11.9. The summed E-state index contributed by atoms with van der Waals surface area (Å²) >= 11 is 10.9. The summed E-state index contributed by atoms with van der Waals surface area (Å²) in [7, 11) is 0. The first kappa shape index (κ1) is 15.2. The number of hydrogen-bond acceptors (Lipinski definition) is 2. The van der Waals surface area contributed by atoms with E-state index in [1.165, 1.54) is 6.08 Å². The highest BCUT2D eigenvalue weighted by Crippen LogP contribution is 2.14. The summed E-state index contributed by atoms with van der Waals surface area (Å²) in [5.74, 6) is -0.298. The molecule has 4 nitrogen and oxygen atoms in total. The first-order valence-electron chi connectivity index (χ1n) is 5.53. The Kier molecular flexibility index (Phi) is 6.63. The first-order chi connectivity index (χ1) is 9.11. The van der Waals surface area contributed by atoms with Gasteiger partial charge in [0.25, 0.3) is 5.91 Å². The molecule has 0 atom stereocenters. The van der Waals surface area contributed by atoms with Crippen LogP contribution in [-0.4, -0.2) is 11.0 Å². The minimum Gasteiger partial charge on any atom is -0.331 e. The van der Waals surface area contributed by atoms with Crippen LogP contribution in [0, 0.1) is 0 Å². The van der Waals surface area contributed by atoms with Crippen LogP contribution in [-0.2, 0) is 4.79 Å². The number of allylic oxidation sites excluding steroid dienone is 3. The van der Waals surface area contributed by atoms with Crippen molar-refractivity contribution in [2.24, 2.45) is 0 Å². The van der Waals surface area contributed by atoms with E-state index in [0.29, 0.717) is 5.02 Å². The summed E-state index contributed by atoms with van der Waals surface area (Å²) in [6.45, 7) is 1.87. The van der Waals surface area contributed by atoms with E-state index in [2.05, 4.69) is 16.2 Å². The van der Waals surface area contributed by atoms with Gasteiger partial charge in [-0.2, -0.15) is 0 Å². The number of nitrogens with one attached hydrogen (secondary N) is 3. The van der Waals surface area contributed by atoms with E-state index < -0.39 is 0 Å². The monoisotopic (exact) mass is 295 g/mol. The lowest BCUT2D eigenvalue weighted by Crippen LogP contribution is -2.43. The van der Waals surface area contributed by atoms with Crippen molar-refractivity contribution in [2.75, 3.05) is 5.32 Å². The Hall–Kier alpha value is -1.85. The first-order valence-corrected chi connectivity index (χ1v) is 6.32. The number of hydrogen-bond donors (Lipinski definition) is 3. The summed E-state index contributed by atoms with van der Waals surface area (Å²) in [5.41, 5.74) is 5.75. The highest BCUT2D eigenvalue weighted by molar-refractivity contribution is 7.80. The number of halogens is 1. The number of hydrazine groups is 1. The van der Waals surface area contributed by atoms with Gasteiger partial charge in [-0.15, -0.1) is 0 Å². The topological polar surface area (TPSA) is 53.2 Å². The van der Waals surface area contributed by atoms with Gasteiger partial charge in [0.05, 0.1) is 0 Å². The van der Waals surface area contributed by atoms with E-state index >= 15 is 0 Å². The molecule has 0 aliphatic carbocycles. The average molecular weight is 296 g/mol. The molecule has 0 spiro atoms. The van der Waals surface area contributed by atoms with Crippen molar-refractivity contribution < 1.29 is 4.79 Å². The molecule has 6 heteroatoms. The van der Waals surface area contributed by atoms with Crippen molar-refractivity contribution in [3.05, 3.63) is 53.6 Å². The maximum Gasteiger partial charge on any atom is 0.262 e. The summed E-state index contributed by atoms with van der Waals surface area (Å²) in [6, 6.07) is 7.10. The fraction of sp³-hybridized carbons (Fsp3) is 0.0769. The summed E-state index contributed by atoms with van der Waals surface area (Å²) < 4.78 is 0. The molecule has 19 heavy (non-hydrogen) atoms. The minimum atomic E-state index is -0.298. The molecule has 1 aromatic carbocycles. The molecule has 1 rings (SSSR count). The van der Waals surface area contributed by atoms with E-state index in [0.717, 1.165) is 5.69 Å².